The van der Waals surface area contributed by atoms with E-state index in [0.29, 0.717) is 6.42 Å². The molecule has 0 aliphatic rings. The molecule has 0 saturated heterocycles. The molecule has 78 valence electrons. The Labute approximate surface area is 90.5 Å². The van der Waals surface area contributed by atoms with Crippen molar-refractivity contribution in [2.24, 2.45) is 5.92 Å². The van der Waals surface area contributed by atoms with Crippen LogP contribution in [0.25, 0.3) is 0 Å². The van der Waals surface area contributed by atoms with E-state index >= 15 is 0 Å². The number of ketones is 1. The molecule has 0 radical (unpaired) electrons. The number of carbonyl (C=O) groups excluding carboxylic acids is 1. The van der Waals surface area contributed by atoms with Gasteiger partial charge in [0.2, 0.25) is 0 Å². The van der Waals surface area contributed by atoms with Gasteiger partial charge in [-0.3, -0.25) is 4.79 Å². The van der Waals surface area contributed by atoms with Crippen molar-refractivity contribution in [3.05, 3.63) is 34.9 Å². The van der Waals surface area contributed by atoms with E-state index < -0.39 is 0 Å². The molecular weight excluding hydrogens is 186 g/mol. The third-order valence-electron chi connectivity index (χ3n) is 2.41. The van der Waals surface area contributed by atoms with Gasteiger partial charge in [-0.2, -0.15) is 5.26 Å². The lowest BCUT2D eigenvalue weighted by Gasteiger charge is -2.06. The van der Waals surface area contributed by atoms with Gasteiger partial charge in [0.1, 0.15) is 0 Å². The van der Waals surface area contributed by atoms with Crippen LogP contribution < -0.4 is 0 Å². The second kappa shape index (κ2) is 4.75. The highest BCUT2D eigenvalue weighted by Gasteiger charge is 2.12. The van der Waals surface area contributed by atoms with Crippen LogP contribution >= 0.6 is 0 Å². The summed E-state index contributed by atoms with van der Waals surface area (Å²) in [6.07, 6.45) is 0.306. The van der Waals surface area contributed by atoms with Crippen LogP contribution in [-0.4, -0.2) is 5.78 Å². The SMILES string of the molecule is Cc1ccc(C)c(C(=O)CC(C)C#N)c1. The molecule has 0 aliphatic carbocycles. The van der Waals surface area contributed by atoms with Gasteiger partial charge in [0.05, 0.1) is 12.0 Å². The molecule has 1 aromatic rings. The molecule has 1 rings (SSSR count). The maximum atomic E-state index is 11.8. The molecule has 0 aromatic heterocycles. The summed E-state index contributed by atoms with van der Waals surface area (Å²) >= 11 is 0. The van der Waals surface area contributed by atoms with E-state index in [2.05, 4.69) is 6.07 Å². The molecule has 0 fully saturated rings. The van der Waals surface area contributed by atoms with E-state index in [1.54, 1.807) is 6.92 Å². The number of nitrogens with zero attached hydrogens (tertiary/aromatic N) is 1. The standard InChI is InChI=1S/C13H15NO/c1-9-4-5-11(3)12(6-9)13(15)7-10(2)8-14/h4-6,10H,7H2,1-3H3. The summed E-state index contributed by atoms with van der Waals surface area (Å²) in [5, 5.41) is 8.65. The fraction of sp³-hybridized carbons (Fsp3) is 0.385. The van der Waals surface area contributed by atoms with Gasteiger partial charge >= 0.3 is 0 Å². The highest BCUT2D eigenvalue weighted by Crippen LogP contribution is 2.15. The molecule has 0 heterocycles. The molecule has 0 aliphatic heterocycles. The van der Waals surface area contributed by atoms with Crippen LogP contribution in [-0.2, 0) is 0 Å². The minimum Gasteiger partial charge on any atom is -0.294 e. The molecule has 0 spiro atoms. The molecule has 0 bridgehead atoms. The van der Waals surface area contributed by atoms with Gasteiger partial charge in [-0.1, -0.05) is 17.7 Å². The molecule has 0 amide bonds. The Morgan fingerprint density at radius 2 is 2.13 bits per heavy atom. The Kier molecular flexibility index (Phi) is 3.62. The Balaban J connectivity index is 2.92. The third kappa shape index (κ3) is 2.92. The highest BCUT2D eigenvalue weighted by molar-refractivity contribution is 5.97. The number of benzene rings is 1. The normalized spacial score (nSPS) is 11.9. The zero-order valence-corrected chi connectivity index (χ0v) is 9.37. The lowest BCUT2D eigenvalue weighted by molar-refractivity contribution is 0.0972. The molecule has 0 saturated carbocycles. The van der Waals surface area contributed by atoms with E-state index in [1.165, 1.54) is 0 Å². The second-order valence-electron chi connectivity index (χ2n) is 3.98. The maximum Gasteiger partial charge on any atom is 0.164 e. The lowest BCUT2D eigenvalue weighted by atomic mass is 9.96. The van der Waals surface area contributed by atoms with Crippen molar-refractivity contribution in [2.45, 2.75) is 27.2 Å². The zero-order valence-electron chi connectivity index (χ0n) is 9.37. The first-order valence-electron chi connectivity index (χ1n) is 5.04. The largest absolute Gasteiger partial charge is 0.294 e. The first-order chi connectivity index (χ1) is 7.04. The van der Waals surface area contributed by atoms with Crippen molar-refractivity contribution >= 4 is 5.78 Å². The summed E-state index contributed by atoms with van der Waals surface area (Å²) in [7, 11) is 0. The Morgan fingerprint density at radius 1 is 1.47 bits per heavy atom. The fourth-order valence-corrected chi connectivity index (χ4v) is 1.47. The fourth-order valence-electron chi connectivity index (χ4n) is 1.47. The molecule has 0 N–H and O–H groups in total. The van der Waals surface area contributed by atoms with Crippen LogP contribution in [0.3, 0.4) is 0 Å². The lowest BCUT2D eigenvalue weighted by Crippen LogP contribution is -2.06. The van der Waals surface area contributed by atoms with Crippen molar-refractivity contribution in [1.29, 1.82) is 5.26 Å². The van der Waals surface area contributed by atoms with Gasteiger partial charge in [0, 0.05) is 12.0 Å². The number of carbonyl (C=O) groups is 1. The number of aryl methyl sites for hydroxylation is 2. The van der Waals surface area contributed by atoms with Gasteiger partial charge in [0.25, 0.3) is 0 Å². The summed E-state index contributed by atoms with van der Waals surface area (Å²) in [6, 6.07) is 7.90. The molecule has 2 heteroatoms. The molecule has 15 heavy (non-hydrogen) atoms. The topological polar surface area (TPSA) is 40.9 Å². The van der Waals surface area contributed by atoms with E-state index in [9.17, 15) is 4.79 Å². The number of Topliss-reactive ketones (excluding diaryl/α,β-unsaturated/α-hetero) is 1. The third-order valence-corrected chi connectivity index (χ3v) is 2.41. The summed E-state index contributed by atoms with van der Waals surface area (Å²) in [5.74, 6) is -0.150. The van der Waals surface area contributed by atoms with Crippen molar-refractivity contribution in [2.75, 3.05) is 0 Å². The smallest absolute Gasteiger partial charge is 0.164 e. The quantitative estimate of drug-likeness (QED) is 0.705. The molecule has 1 aromatic carbocycles. The predicted octanol–water partition coefficient (Wildman–Crippen LogP) is 3.04. The van der Waals surface area contributed by atoms with Crippen LogP contribution in [0.5, 0.6) is 0 Å². The van der Waals surface area contributed by atoms with Crippen LogP contribution in [0.15, 0.2) is 18.2 Å². The molecular formula is C13H15NO. The summed E-state index contributed by atoms with van der Waals surface area (Å²) in [6.45, 7) is 5.65. The number of hydrogen-bond acceptors (Lipinski definition) is 2. The first kappa shape index (κ1) is 11.5. The van der Waals surface area contributed by atoms with E-state index in [1.807, 2.05) is 32.0 Å². The van der Waals surface area contributed by atoms with Crippen molar-refractivity contribution in [3.63, 3.8) is 0 Å². The molecule has 2 nitrogen and oxygen atoms in total. The Hall–Kier alpha value is -1.62. The van der Waals surface area contributed by atoms with Gasteiger partial charge in [0.15, 0.2) is 5.78 Å². The van der Waals surface area contributed by atoms with Crippen LogP contribution in [0.1, 0.15) is 34.8 Å². The Morgan fingerprint density at radius 3 is 2.73 bits per heavy atom. The van der Waals surface area contributed by atoms with Crippen molar-refractivity contribution in [1.82, 2.24) is 0 Å². The van der Waals surface area contributed by atoms with Gasteiger partial charge in [-0.05, 0) is 32.4 Å². The zero-order chi connectivity index (χ0) is 11.4. The van der Waals surface area contributed by atoms with Crippen molar-refractivity contribution < 1.29 is 4.79 Å². The second-order valence-corrected chi connectivity index (χ2v) is 3.98. The van der Waals surface area contributed by atoms with Crippen LogP contribution in [0.2, 0.25) is 0 Å². The number of rotatable bonds is 3. The van der Waals surface area contributed by atoms with Gasteiger partial charge in [-0.15, -0.1) is 0 Å². The molecule has 1 atom stereocenters. The highest BCUT2D eigenvalue weighted by atomic mass is 16.1. The minimum atomic E-state index is -0.211. The minimum absolute atomic E-state index is 0.0604. The monoisotopic (exact) mass is 201 g/mol. The number of nitriles is 1. The maximum absolute atomic E-state index is 11.8. The van der Waals surface area contributed by atoms with E-state index in [4.69, 9.17) is 5.26 Å². The van der Waals surface area contributed by atoms with Crippen LogP contribution in [0, 0.1) is 31.1 Å². The van der Waals surface area contributed by atoms with E-state index in [-0.39, 0.29) is 11.7 Å². The molecule has 1 unspecified atom stereocenters. The summed E-state index contributed by atoms with van der Waals surface area (Å²) in [5.41, 5.74) is 2.81. The average Bonchev–Trinajstić information content (AvgIpc) is 2.21. The van der Waals surface area contributed by atoms with Gasteiger partial charge < -0.3 is 0 Å². The average molecular weight is 201 g/mol. The van der Waals surface area contributed by atoms with E-state index in [0.717, 1.165) is 16.7 Å². The van der Waals surface area contributed by atoms with Crippen LogP contribution in [0.4, 0.5) is 0 Å². The first-order valence-corrected chi connectivity index (χ1v) is 5.04. The van der Waals surface area contributed by atoms with Crippen molar-refractivity contribution in [3.8, 4) is 6.07 Å². The summed E-state index contributed by atoms with van der Waals surface area (Å²) < 4.78 is 0. The Bertz CT molecular complexity index is 415. The van der Waals surface area contributed by atoms with Gasteiger partial charge in [-0.25, -0.2) is 0 Å². The number of hydrogen-bond donors (Lipinski definition) is 0. The predicted molar refractivity (Wildman–Crippen MR) is 59.6 cm³/mol. The summed E-state index contributed by atoms with van der Waals surface area (Å²) in [4.78, 5) is 11.8.